The Hall–Kier alpha value is -3.44. The van der Waals surface area contributed by atoms with Gasteiger partial charge in [0, 0.05) is 11.4 Å². The molecular formula is C27H28N2O6S2. The second-order valence-electron chi connectivity index (χ2n) is 9.29. The van der Waals surface area contributed by atoms with Crippen molar-refractivity contribution in [1.82, 2.24) is 0 Å². The zero-order chi connectivity index (χ0) is 27.2. The highest BCUT2D eigenvalue weighted by Crippen LogP contribution is 2.52. The number of benzene rings is 2. The molecule has 0 aromatic heterocycles. The molecule has 37 heavy (non-hydrogen) atoms. The molecule has 0 saturated heterocycles. The second kappa shape index (κ2) is 9.46. The van der Waals surface area contributed by atoms with Gasteiger partial charge in [0.2, 0.25) is 0 Å². The molecule has 2 aromatic rings. The lowest BCUT2D eigenvalue weighted by molar-refractivity contribution is -0.444. The van der Waals surface area contributed by atoms with E-state index < -0.39 is 31.4 Å². The van der Waals surface area contributed by atoms with Crippen LogP contribution in [0.1, 0.15) is 26.3 Å². The van der Waals surface area contributed by atoms with E-state index in [1.54, 1.807) is 19.1 Å². The fourth-order valence-corrected chi connectivity index (χ4v) is 6.30. The number of allylic oxidation sites excluding steroid dienone is 7. The summed E-state index contributed by atoms with van der Waals surface area (Å²) in [4.78, 5) is 1.46. The summed E-state index contributed by atoms with van der Waals surface area (Å²) in [6, 6.07) is 14.2. The van der Waals surface area contributed by atoms with Crippen LogP contribution in [-0.4, -0.2) is 43.0 Å². The van der Waals surface area contributed by atoms with Crippen molar-refractivity contribution in [1.29, 1.82) is 0 Å². The van der Waals surface area contributed by atoms with Gasteiger partial charge in [0.15, 0.2) is 0 Å². The second-order valence-corrected chi connectivity index (χ2v) is 12.2. The van der Waals surface area contributed by atoms with Gasteiger partial charge in [-0.05, 0) is 62.7 Å². The standard InChI is InChI=1S/C27H28N2O6S2/c1-19-15-21(16-20(2)28(19)4)9-8-12-26-27(3,18-36(30,31)32)24-17-23(37(33,34)35)13-14-25(24)29(26)22-10-6-5-7-11-22/h5-17H,4,18H2,1-3H3,(H,30,31,32)(H,33,34,35). The van der Waals surface area contributed by atoms with Gasteiger partial charge < -0.3 is 4.90 Å². The molecule has 0 spiro atoms. The van der Waals surface area contributed by atoms with Crippen LogP contribution in [0.4, 0.5) is 11.4 Å². The first-order chi connectivity index (χ1) is 17.2. The molecule has 2 heterocycles. The minimum Gasteiger partial charge on any atom is -0.313 e. The van der Waals surface area contributed by atoms with E-state index in [9.17, 15) is 25.9 Å². The molecule has 1 unspecified atom stereocenters. The zero-order valence-corrected chi connectivity index (χ0v) is 22.3. The Morgan fingerprint density at radius 1 is 1.11 bits per heavy atom. The minimum absolute atomic E-state index is 0.341. The third-order valence-electron chi connectivity index (χ3n) is 6.54. The van der Waals surface area contributed by atoms with Crippen molar-refractivity contribution in [2.24, 2.45) is 0 Å². The highest BCUT2D eigenvalue weighted by atomic mass is 32.2. The topological polar surface area (TPSA) is 115 Å². The van der Waals surface area contributed by atoms with Gasteiger partial charge in [0.1, 0.15) is 0 Å². The van der Waals surface area contributed by atoms with E-state index in [1.165, 1.54) is 18.2 Å². The van der Waals surface area contributed by atoms with Gasteiger partial charge in [0.05, 0.1) is 40.2 Å². The maximum atomic E-state index is 12.2. The fraction of sp³-hybridized carbons (Fsp3) is 0.185. The smallest absolute Gasteiger partial charge is 0.294 e. The van der Waals surface area contributed by atoms with E-state index in [4.69, 9.17) is 0 Å². The summed E-state index contributed by atoms with van der Waals surface area (Å²) in [5.41, 5.74) is 2.63. The molecule has 4 rings (SSSR count). The van der Waals surface area contributed by atoms with Gasteiger partial charge in [-0.3, -0.25) is 13.7 Å². The molecule has 2 aliphatic rings. The molecule has 194 valence electrons. The third-order valence-corrected chi connectivity index (χ3v) is 8.33. The van der Waals surface area contributed by atoms with Crippen molar-refractivity contribution in [3.05, 3.63) is 107 Å². The van der Waals surface area contributed by atoms with Gasteiger partial charge in [-0.25, -0.2) is 0 Å². The molecule has 2 aliphatic heterocycles. The van der Waals surface area contributed by atoms with E-state index in [0.29, 0.717) is 22.6 Å². The van der Waals surface area contributed by atoms with E-state index in [-0.39, 0.29) is 4.90 Å². The van der Waals surface area contributed by atoms with E-state index in [0.717, 1.165) is 17.3 Å². The number of hydrogen-bond donors (Lipinski definition) is 2. The lowest BCUT2D eigenvalue weighted by Gasteiger charge is -2.29. The van der Waals surface area contributed by atoms with Crippen LogP contribution in [0.2, 0.25) is 0 Å². The largest absolute Gasteiger partial charge is 0.313 e. The van der Waals surface area contributed by atoms with Crippen molar-refractivity contribution >= 4 is 38.3 Å². The molecule has 0 bridgehead atoms. The molecule has 0 radical (unpaired) electrons. The Balaban J connectivity index is 1.93. The SMILES string of the molecule is C=[N+]1C(C)=CC(C=CC=C2N(c3ccccc3)c3ccc(S(=O)(=O)O)cc3C2(C)CS(=O)(=O)O)=C[C-]1C. The van der Waals surface area contributed by atoms with Gasteiger partial charge in [-0.1, -0.05) is 48.1 Å². The molecule has 0 saturated carbocycles. The van der Waals surface area contributed by atoms with Crippen LogP contribution in [0, 0.1) is 6.04 Å². The number of nitrogens with zero attached hydrogens (tertiary/aromatic N) is 2. The van der Waals surface area contributed by atoms with Crippen LogP contribution >= 0.6 is 0 Å². The van der Waals surface area contributed by atoms with Crippen LogP contribution in [-0.2, 0) is 25.7 Å². The third kappa shape index (κ3) is 5.33. The van der Waals surface area contributed by atoms with Gasteiger partial charge in [-0.2, -0.15) is 16.8 Å². The van der Waals surface area contributed by atoms with Gasteiger partial charge in [-0.15, -0.1) is 0 Å². The van der Waals surface area contributed by atoms with Crippen LogP contribution in [0.25, 0.3) is 0 Å². The Morgan fingerprint density at radius 3 is 2.38 bits per heavy atom. The Bertz CT molecular complexity index is 1600. The van der Waals surface area contributed by atoms with E-state index in [1.807, 2.05) is 71.9 Å². The first-order valence-corrected chi connectivity index (χ1v) is 14.4. The minimum atomic E-state index is -4.55. The van der Waals surface area contributed by atoms with Crippen LogP contribution in [0.15, 0.2) is 101 Å². The summed E-state index contributed by atoms with van der Waals surface area (Å²) >= 11 is 0. The predicted molar refractivity (Wildman–Crippen MR) is 144 cm³/mol. The maximum absolute atomic E-state index is 12.2. The van der Waals surface area contributed by atoms with Gasteiger partial charge in [0.25, 0.3) is 20.2 Å². The summed E-state index contributed by atoms with van der Waals surface area (Å²) < 4.78 is 69.6. The quantitative estimate of drug-likeness (QED) is 0.308. The normalized spacial score (nSPS) is 21.4. The highest BCUT2D eigenvalue weighted by Gasteiger charge is 2.47. The Morgan fingerprint density at radius 2 is 1.78 bits per heavy atom. The monoisotopic (exact) mass is 540 g/mol. The van der Waals surface area contributed by atoms with Gasteiger partial charge >= 0.3 is 0 Å². The molecule has 0 amide bonds. The van der Waals surface area contributed by atoms with Crippen molar-refractivity contribution in [3.63, 3.8) is 0 Å². The number of fused-ring (bicyclic) bond motifs is 1. The lowest BCUT2D eigenvalue weighted by Crippen LogP contribution is -2.33. The first-order valence-electron chi connectivity index (χ1n) is 11.4. The first kappa shape index (κ1) is 26.6. The maximum Gasteiger partial charge on any atom is 0.294 e. The summed E-state index contributed by atoms with van der Waals surface area (Å²) in [6.45, 7) is 9.49. The van der Waals surface area contributed by atoms with Crippen LogP contribution in [0.3, 0.4) is 0 Å². The number of hydrogen-bond acceptors (Lipinski definition) is 5. The molecular weight excluding hydrogens is 512 g/mol. The summed E-state index contributed by atoms with van der Waals surface area (Å²) in [7, 11) is -9.06. The number of para-hydroxylation sites is 1. The van der Waals surface area contributed by atoms with Crippen molar-refractivity contribution < 1.29 is 30.5 Å². The number of rotatable bonds is 6. The van der Waals surface area contributed by atoms with Crippen LogP contribution in [0.5, 0.6) is 0 Å². The van der Waals surface area contributed by atoms with Crippen molar-refractivity contribution in [2.45, 2.75) is 31.1 Å². The lowest BCUT2D eigenvalue weighted by atomic mass is 9.83. The van der Waals surface area contributed by atoms with E-state index in [2.05, 4.69) is 6.72 Å². The molecule has 8 nitrogen and oxygen atoms in total. The fourth-order valence-electron chi connectivity index (χ4n) is 4.76. The van der Waals surface area contributed by atoms with Crippen molar-refractivity contribution in [2.75, 3.05) is 10.7 Å². The number of anilines is 2. The Kier molecular flexibility index (Phi) is 6.80. The molecule has 10 heteroatoms. The molecule has 2 aromatic carbocycles. The molecule has 0 fully saturated rings. The van der Waals surface area contributed by atoms with Crippen LogP contribution < -0.4 is 4.90 Å². The summed E-state index contributed by atoms with van der Waals surface area (Å²) in [5.74, 6) is -0.698. The average molecular weight is 541 g/mol. The van der Waals surface area contributed by atoms with E-state index >= 15 is 0 Å². The summed E-state index contributed by atoms with van der Waals surface area (Å²) in [6.07, 6.45) is 9.33. The molecule has 1 atom stereocenters. The average Bonchev–Trinajstić information content (AvgIpc) is 3.03. The predicted octanol–water partition coefficient (Wildman–Crippen LogP) is 4.78. The molecule has 2 N–H and O–H groups in total. The van der Waals surface area contributed by atoms with Crippen molar-refractivity contribution in [3.8, 4) is 0 Å². The Labute approximate surface area is 217 Å². The zero-order valence-electron chi connectivity index (χ0n) is 20.7. The summed E-state index contributed by atoms with van der Waals surface area (Å²) in [5, 5.41) is 0. The molecule has 0 aliphatic carbocycles. The highest BCUT2D eigenvalue weighted by molar-refractivity contribution is 7.86.